The summed E-state index contributed by atoms with van der Waals surface area (Å²) in [7, 11) is 0. The first kappa shape index (κ1) is 16.2. The van der Waals surface area contributed by atoms with Crippen LogP contribution in [-0.2, 0) is 0 Å². The first-order chi connectivity index (χ1) is 11.1. The fraction of sp³-hybridized carbons (Fsp3) is 0.474. The zero-order chi connectivity index (χ0) is 16.2. The summed E-state index contributed by atoms with van der Waals surface area (Å²) >= 11 is 0. The van der Waals surface area contributed by atoms with Crippen LogP contribution in [0, 0.1) is 6.92 Å². The molecule has 1 aliphatic rings. The van der Waals surface area contributed by atoms with Gasteiger partial charge in [-0.25, -0.2) is 0 Å². The van der Waals surface area contributed by atoms with Crippen molar-refractivity contribution < 1.29 is 14.6 Å². The number of hydrogen-bond donors (Lipinski definition) is 2. The van der Waals surface area contributed by atoms with Crippen molar-refractivity contribution in [2.75, 3.05) is 13.1 Å². The topological polar surface area (TPSA) is 56.8 Å². The average Bonchev–Trinajstić information content (AvgIpc) is 3.20. The second kappa shape index (κ2) is 7.30. The van der Waals surface area contributed by atoms with Crippen LogP contribution in [0.2, 0.25) is 0 Å². The van der Waals surface area contributed by atoms with Crippen LogP contribution in [0.15, 0.2) is 47.1 Å². The maximum atomic E-state index is 10.6. The van der Waals surface area contributed by atoms with Gasteiger partial charge in [0.1, 0.15) is 11.9 Å². The summed E-state index contributed by atoms with van der Waals surface area (Å²) in [5, 5.41) is 20.9. The third kappa shape index (κ3) is 3.83. The van der Waals surface area contributed by atoms with Crippen LogP contribution in [0.25, 0.3) is 0 Å². The lowest BCUT2D eigenvalue weighted by atomic mass is 10.0. The summed E-state index contributed by atoms with van der Waals surface area (Å²) in [5.41, 5.74) is 2.11. The molecule has 1 saturated heterocycles. The van der Waals surface area contributed by atoms with Crippen molar-refractivity contribution >= 4 is 0 Å². The molecule has 23 heavy (non-hydrogen) atoms. The fourth-order valence-electron chi connectivity index (χ4n) is 3.54. The van der Waals surface area contributed by atoms with E-state index in [4.69, 9.17) is 4.42 Å². The van der Waals surface area contributed by atoms with Crippen LogP contribution in [0.4, 0.5) is 0 Å². The third-order valence-electron chi connectivity index (χ3n) is 4.82. The molecule has 3 atom stereocenters. The number of hydrogen-bond acceptors (Lipinski definition) is 4. The van der Waals surface area contributed by atoms with Crippen LogP contribution >= 0.6 is 0 Å². The van der Waals surface area contributed by atoms with Gasteiger partial charge in [-0.3, -0.25) is 4.90 Å². The molecule has 0 aliphatic carbocycles. The minimum atomic E-state index is -0.578. The summed E-state index contributed by atoms with van der Waals surface area (Å²) < 4.78 is 5.29. The van der Waals surface area contributed by atoms with E-state index in [0.717, 1.165) is 30.5 Å². The van der Waals surface area contributed by atoms with E-state index >= 15 is 0 Å². The van der Waals surface area contributed by atoms with Gasteiger partial charge in [0.05, 0.1) is 12.4 Å². The maximum Gasteiger partial charge on any atom is 0.132 e. The molecule has 2 aromatic rings. The molecular formula is C19H25NO3. The lowest BCUT2D eigenvalue weighted by Crippen LogP contribution is -2.34. The highest BCUT2D eigenvalue weighted by atomic mass is 16.4. The van der Waals surface area contributed by atoms with Gasteiger partial charge in [-0.05, 0) is 56.0 Å². The summed E-state index contributed by atoms with van der Waals surface area (Å²) in [4.78, 5) is 2.29. The van der Waals surface area contributed by atoms with E-state index in [1.54, 1.807) is 12.3 Å². The van der Waals surface area contributed by atoms with Crippen molar-refractivity contribution in [3.05, 3.63) is 59.5 Å². The van der Waals surface area contributed by atoms with Gasteiger partial charge >= 0.3 is 0 Å². The first-order valence-corrected chi connectivity index (χ1v) is 8.34. The van der Waals surface area contributed by atoms with Gasteiger partial charge in [0.2, 0.25) is 0 Å². The highest BCUT2D eigenvalue weighted by Crippen LogP contribution is 2.29. The van der Waals surface area contributed by atoms with Crippen molar-refractivity contribution in [2.24, 2.45) is 0 Å². The van der Waals surface area contributed by atoms with E-state index in [1.807, 2.05) is 37.3 Å². The summed E-state index contributed by atoms with van der Waals surface area (Å²) in [6.07, 6.45) is 3.33. The molecule has 1 aromatic heterocycles. The van der Waals surface area contributed by atoms with Crippen molar-refractivity contribution in [3.8, 4) is 0 Å². The molecule has 3 rings (SSSR count). The van der Waals surface area contributed by atoms with Crippen molar-refractivity contribution in [2.45, 2.75) is 44.4 Å². The molecule has 2 heterocycles. The normalized spacial score (nSPS) is 21.4. The number of rotatable bonds is 6. The highest BCUT2D eigenvalue weighted by molar-refractivity contribution is 5.27. The van der Waals surface area contributed by atoms with Gasteiger partial charge < -0.3 is 14.6 Å². The number of nitrogens with zero attached hydrogens (tertiary/aromatic N) is 1. The number of aliphatic hydroxyl groups excluding tert-OH is 2. The molecule has 1 fully saturated rings. The third-order valence-corrected chi connectivity index (χ3v) is 4.82. The molecule has 4 nitrogen and oxygen atoms in total. The molecule has 124 valence electrons. The Morgan fingerprint density at radius 2 is 2.00 bits per heavy atom. The Morgan fingerprint density at radius 3 is 2.74 bits per heavy atom. The Bertz CT molecular complexity index is 611. The minimum absolute atomic E-state index is 0.286. The van der Waals surface area contributed by atoms with Gasteiger partial charge in [-0.2, -0.15) is 0 Å². The summed E-state index contributed by atoms with van der Waals surface area (Å²) in [6.45, 7) is 3.61. The second-order valence-electron chi connectivity index (χ2n) is 6.43. The molecule has 1 aromatic carbocycles. The van der Waals surface area contributed by atoms with E-state index in [9.17, 15) is 10.2 Å². The number of aliphatic hydroxyl groups is 2. The summed E-state index contributed by atoms with van der Waals surface area (Å²) in [6, 6.07) is 11.9. The van der Waals surface area contributed by atoms with Gasteiger partial charge in [-0.15, -0.1) is 0 Å². The SMILES string of the molecule is Cc1ccccc1C(O)CN1CCCC1CC(O)c1ccco1. The van der Waals surface area contributed by atoms with Crippen LogP contribution in [-0.4, -0.2) is 34.2 Å². The Balaban J connectivity index is 1.62. The zero-order valence-corrected chi connectivity index (χ0v) is 13.6. The van der Waals surface area contributed by atoms with Gasteiger partial charge in [0, 0.05) is 12.6 Å². The van der Waals surface area contributed by atoms with Gasteiger partial charge in [0.25, 0.3) is 0 Å². The second-order valence-corrected chi connectivity index (χ2v) is 6.43. The smallest absolute Gasteiger partial charge is 0.132 e. The van der Waals surface area contributed by atoms with E-state index in [0.29, 0.717) is 18.7 Å². The maximum absolute atomic E-state index is 10.6. The molecule has 2 N–H and O–H groups in total. The van der Waals surface area contributed by atoms with Gasteiger partial charge in [0.15, 0.2) is 0 Å². The summed E-state index contributed by atoms with van der Waals surface area (Å²) in [5.74, 6) is 0.622. The van der Waals surface area contributed by atoms with Crippen LogP contribution in [0.1, 0.15) is 48.4 Å². The predicted molar refractivity (Wildman–Crippen MR) is 89.0 cm³/mol. The number of aryl methyl sites for hydroxylation is 1. The Morgan fingerprint density at radius 1 is 1.17 bits per heavy atom. The molecule has 0 radical (unpaired) electrons. The number of likely N-dealkylation sites (tertiary alicyclic amines) is 1. The number of benzene rings is 1. The molecule has 3 unspecified atom stereocenters. The number of β-amino-alcohol motifs (C(OH)–C–C–N with tert-alkyl or cyclic N) is 1. The lowest BCUT2D eigenvalue weighted by Gasteiger charge is -2.28. The highest BCUT2D eigenvalue weighted by Gasteiger charge is 2.29. The number of furan rings is 1. The largest absolute Gasteiger partial charge is 0.467 e. The Kier molecular flexibility index (Phi) is 5.16. The van der Waals surface area contributed by atoms with Crippen molar-refractivity contribution in [3.63, 3.8) is 0 Å². The molecular weight excluding hydrogens is 290 g/mol. The van der Waals surface area contributed by atoms with Crippen LogP contribution < -0.4 is 0 Å². The van der Waals surface area contributed by atoms with Crippen LogP contribution in [0.5, 0.6) is 0 Å². The van der Waals surface area contributed by atoms with Gasteiger partial charge in [-0.1, -0.05) is 24.3 Å². The predicted octanol–water partition coefficient (Wildman–Crippen LogP) is 3.21. The van der Waals surface area contributed by atoms with E-state index in [2.05, 4.69) is 4.90 Å². The fourth-order valence-corrected chi connectivity index (χ4v) is 3.54. The minimum Gasteiger partial charge on any atom is -0.467 e. The first-order valence-electron chi connectivity index (χ1n) is 8.34. The zero-order valence-electron chi connectivity index (χ0n) is 13.6. The molecule has 0 saturated carbocycles. The van der Waals surface area contributed by atoms with Crippen molar-refractivity contribution in [1.82, 2.24) is 4.90 Å². The molecule has 0 bridgehead atoms. The molecule has 0 spiro atoms. The van der Waals surface area contributed by atoms with Crippen molar-refractivity contribution in [1.29, 1.82) is 0 Å². The Labute approximate surface area is 137 Å². The molecule has 0 amide bonds. The van der Waals surface area contributed by atoms with E-state index < -0.39 is 12.2 Å². The van der Waals surface area contributed by atoms with E-state index in [1.165, 1.54) is 0 Å². The molecule has 4 heteroatoms. The average molecular weight is 315 g/mol. The Hall–Kier alpha value is -1.62. The molecule has 1 aliphatic heterocycles. The standard InChI is InChI=1S/C19H25NO3/c1-14-6-2-3-8-16(14)18(22)13-20-10-4-7-15(20)12-17(21)19-9-5-11-23-19/h2-3,5-6,8-9,11,15,17-18,21-22H,4,7,10,12-13H2,1H3. The quantitative estimate of drug-likeness (QED) is 0.859. The van der Waals surface area contributed by atoms with E-state index in [-0.39, 0.29) is 6.04 Å². The van der Waals surface area contributed by atoms with Crippen LogP contribution in [0.3, 0.4) is 0 Å². The lowest BCUT2D eigenvalue weighted by molar-refractivity contribution is 0.0706. The monoisotopic (exact) mass is 315 g/mol.